The topological polar surface area (TPSA) is 86.4 Å². The normalized spacial score (nSPS) is 18.3. The summed E-state index contributed by atoms with van der Waals surface area (Å²) < 4.78 is 0.960. The van der Waals surface area contributed by atoms with Crippen LogP contribution in [0.25, 0.3) is 5.57 Å². The minimum absolute atomic E-state index is 0.370. The number of aromatic nitrogens is 1. The zero-order valence-corrected chi connectivity index (χ0v) is 16.6. The molecule has 138 valence electrons. The molecule has 7 nitrogen and oxygen atoms in total. The van der Waals surface area contributed by atoms with Crippen LogP contribution in [-0.2, 0) is 4.79 Å². The summed E-state index contributed by atoms with van der Waals surface area (Å²) in [6.07, 6.45) is 3.37. The van der Waals surface area contributed by atoms with Crippen LogP contribution >= 0.6 is 22.6 Å². The lowest BCUT2D eigenvalue weighted by molar-refractivity contribution is -0.114. The molecule has 0 aliphatic carbocycles. The summed E-state index contributed by atoms with van der Waals surface area (Å²) >= 11 is 2.16. The number of imide groups is 1. The fraction of sp³-hybridized carbons (Fsp3) is 0.211. The van der Waals surface area contributed by atoms with Crippen LogP contribution in [-0.4, -0.2) is 43.0 Å². The molecule has 0 radical (unpaired) electrons. The Morgan fingerprint density at radius 1 is 1.07 bits per heavy atom. The first-order valence-electron chi connectivity index (χ1n) is 8.66. The van der Waals surface area contributed by atoms with E-state index in [4.69, 9.17) is 0 Å². The first kappa shape index (κ1) is 17.9. The molecule has 2 aromatic rings. The number of nitrogens with one attached hydrogen (secondary N) is 3. The van der Waals surface area contributed by atoms with Crippen molar-refractivity contribution in [1.82, 2.24) is 15.6 Å². The van der Waals surface area contributed by atoms with E-state index in [2.05, 4.69) is 48.4 Å². The number of nitrogens with zero attached hydrogens (tertiary/aromatic N) is 2. The summed E-state index contributed by atoms with van der Waals surface area (Å²) in [7, 11) is 0. The van der Waals surface area contributed by atoms with Crippen molar-refractivity contribution in [2.24, 2.45) is 0 Å². The monoisotopic (exact) mass is 475 g/mol. The number of pyridine rings is 1. The molecule has 3 N–H and O–H groups in total. The van der Waals surface area contributed by atoms with E-state index in [0.29, 0.717) is 16.7 Å². The zero-order chi connectivity index (χ0) is 18.8. The molecular formula is C19H18IN5O2. The van der Waals surface area contributed by atoms with Gasteiger partial charge in [-0.1, -0.05) is 0 Å². The van der Waals surface area contributed by atoms with Crippen LogP contribution in [0.15, 0.2) is 42.7 Å². The first-order valence-corrected chi connectivity index (χ1v) is 9.74. The summed E-state index contributed by atoms with van der Waals surface area (Å²) in [5.74, 6) is 0.161. The Morgan fingerprint density at radius 3 is 2.63 bits per heavy atom. The van der Waals surface area contributed by atoms with E-state index in [9.17, 15) is 9.59 Å². The Bertz CT molecular complexity index is 920. The highest BCUT2D eigenvalue weighted by molar-refractivity contribution is 14.1. The highest BCUT2D eigenvalue weighted by Crippen LogP contribution is 2.26. The second-order valence-corrected chi connectivity index (χ2v) is 7.56. The average molecular weight is 475 g/mol. The van der Waals surface area contributed by atoms with Crippen molar-refractivity contribution in [2.75, 3.05) is 36.4 Å². The Labute approximate surface area is 170 Å². The van der Waals surface area contributed by atoms with Crippen LogP contribution in [0.2, 0.25) is 0 Å². The van der Waals surface area contributed by atoms with Crippen molar-refractivity contribution in [1.29, 1.82) is 0 Å². The third-order valence-corrected chi connectivity index (χ3v) is 5.23. The van der Waals surface area contributed by atoms with Gasteiger partial charge in [-0.3, -0.25) is 14.9 Å². The van der Waals surface area contributed by atoms with Gasteiger partial charge in [0.1, 0.15) is 5.82 Å². The number of benzene rings is 1. The van der Waals surface area contributed by atoms with Crippen molar-refractivity contribution in [3.63, 3.8) is 0 Å². The van der Waals surface area contributed by atoms with Gasteiger partial charge in [0.15, 0.2) is 0 Å². The molecule has 1 aromatic heterocycles. The van der Waals surface area contributed by atoms with Crippen LogP contribution in [0.5, 0.6) is 0 Å². The predicted octanol–water partition coefficient (Wildman–Crippen LogP) is 1.82. The lowest BCUT2D eigenvalue weighted by atomic mass is 9.96. The largest absolute Gasteiger partial charge is 0.360 e. The fourth-order valence-electron chi connectivity index (χ4n) is 3.15. The number of halogens is 1. The van der Waals surface area contributed by atoms with Crippen molar-refractivity contribution >= 4 is 51.5 Å². The number of piperazine rings is 1. The summed E-state index contributed by atoms with van der Waals surface area (Å²) in [5, 5.41) is 8.82. The predicted molar refractivity (Wildman–Crippen MR) is 113 cm³/mol. The molecule has 2 aliphatic heterocycles. The molecule has 8 heteroatoms. The Kier molecular flexibility index (Phi) is 5.08. The maximum Gasteiger partial charge on any atom is 0.260 e. The van der Waals surface area contributed by atoms with Crippen molar-refractivity contribution in [3.8, 4) is 0 Å². The lowest BCUT2D eigenvalue weighted by Gasteiger charge is -2.28. The van der Waals surface area contributed by atoms with Crippen molar-refractivity contribution < 1.29 is 9.59 Å². The summed E-state index contributed by atoms with van der Waals surface area (Å²) in [6, 6.07) is 9.32. The third kappa shape index (κ3) is 3.81. The number of hydrogen-bond acceptors (Lipinski definition) is 6. The smallest absolute Gasteiger partial charge is 0.260 e. The van der Waals surface area contributed by atoms with E-state index in [-0.39, 0.29) is 5.91 Å². The highest BCUT2D eigenvalue weighted by atomic mass is 127. The molecule has 1 aromatic carbocycles. The summed E-state index contributed by atoms with van der Waals surface area (Å²) in [4.78, 5) is 31.0. The first-order chi connectivity index (χ1) is 13.1. The highest BCUT2D eigenvalue weighted by Gasteiger charge is 2.27. The van der Waals surface area contributed by atoms with E-state index in [1.54, 1.807) is 18.5 Å². The van der Waals surface area contributed by atoms with Crippen LogP contribution in [0.4, 0.5) is 11.5 Å². The number of anilines is 2. The van der Waals surface area contributed by atoms with Gasteiger partial charge in [-0.15, -0.1) is 0 Å². The van der Waals surface area contributed by atoms with Gasteiger partial charge in [-0.25, -0.2) is 4.98 Å². The second kappa shape index (κ2) is 7.65. The van der Waals surface area contributed by atoms with E-state index in [1.807, 2.05) is 24.3 Å². The fourth-order valence-corrected chi connectivity index (χ4v) is 3.64. The van der Waals surface area contributed by atoms with E-state index in [1.165, 1.54) is 0 Å². The van der Waals surface area contributed by atoms with Gasteiger partial charge in [-0.2, -0.15) is 0 Å². The molecule has 3 heterocycles. The van der Waals surface area contributed by atoms with Crippen LogP contribution in [0.3, 0.4) is 0 Å². The number of carbonyl (C=O) groups excluding carboxylic acids is 2. The maximum absolute atomic E-state index is 12.3. The van der Waals surface area contributed by atoms with Crippen molar-refractivity contribution in [3.05, 3.63) is 57.4 Å². The van der Waals surface area contributed by atoms with Gasteiger partial charge >= 0.3 is 0 Å². The van der Waals surface area contributed by atoms with E-state index < -0.39 is 5.91 Å². The summed E-state index contributed by atoms with van der Waals surface area (Å²) in [6.45, 7) is 3.79. The minimum atomic E-state index is -0.410. The second-order valence-electron chi connectivity index (χ2n) is 6.32. The van der Waals surface area contributed by atoms with Gasteiger partial charge in [0, 0.05) is 47.1 Å². The minimum Gasteiger partial charge on any atom is -0.360 e. The molecule has 2 aliphatic rings. The molecule has 2 amide bonds. The number of carbonyl (C=O) groups is 2. The number of hydrogen-bond donors (Lipinski definition) is 3. The number of rotatable bonds is 3. The molecule has 0 unspecified atom stereocenters. The summed E-state index contributed by atoms with van der Waals surface area (Å²) in [5.41, 5.74) is 2.33. The number of fused-ring (bicyclic) bond motifs is 1. The van der Waals surface area contributed by atoms with Crippen LogP contribution in [0.1, 0.15) is 15.9 Å². The molecule has 0 saturated carbocycles. The van der Waals surface area contributed by atoms with Gasteiger partial charge in [0.2, 0.25) is 0 Å². The maximum atomic E-state index is 12.3. The Balaban J connectivity index is 1.55. The molecule has 1 fully saturated rings. The van der Waals surface area contributed by atoms with Gasteiger partial charge < -0.3 is 15.5 Å². The zero-order valence-electron chi connectivity index (χ0n) is 14.5. The van der Waals surface area contributed by atoms with Crippen LogP contribution < -0.4 is 20.9 Å². The van der Waals surface area contributed by atoms with Gasteiger partial charge in [0.25, 0.3) is 11.8 Å². The molecule has 1 saturated heterocycles. The lowest BCUT2D eigenvalue weighted by Crippen LogP contribution is -2.43. The van der Waals surface area contributed by atoms with Crippen LogP contribution in [0, 0.1) is 3.57 Å². The Morgan fingerprint density at radius 2 is 1.89 bits per heavy atom. The number of amides is 2. The molecule has 0 bridgehead atoms. The standard InChI is InChI=1S/C19H18IN5O2/c20-12-1-3-14-15(9-12)16(19(27)24-18(14)26)11-22-13-2-4-17(23-10-13)25-7-5-21-6-8-25/h1-4,9-11,21-22H,5-8H2,(H,24,26,27). The average Bonchev–Trinajstić information content (AvgIpc) is 2.68. The molecule has 0 atom stereocenters. The molecular weight excluding hydrogens is 457 g/mol. The van der Waals surface area contributed by atoms with Gasteiger partial charge in [0.05, 0.1) is 17.5 Å². The van der Waals surface area contributed by atoms with E-state index in [0.717, 1.165) is 41.3 Å². The van der Waals surface area contributed by atoms with Gasteiger partial charge in [-0.05, 0) is 52.9 Å². The molecule has 27 heavy (non-hydrogen) atoms. The van der Waals surface area contributed by atoms with E-state index >= 15 is 0 Å². The quantitative estimate of drug-likeness (QED) is 0.357. The Hall–Kier alpha value is -2.46. The third-order valence-electron chi connectivity index (χ3n) is 4.56. The molecule has 4 rings (SSSR count). The molecule has 0 spiro atoms. The van der Waals surface area contributed by atoms with Crippen molar-refractivity contribution in [2.45, 2.75) is 0 Å². The SMILES string of the molecule is O=C1NC(=O)c2ccc(I)cc2C1=CNc1ccc(N2CCNCC2)nc1.